The predicted molar refractivity (Wildman–Crippen MR) is 70.1 cm³/mol. The van der Waals surface area contributed by atoms with E-state index in [0.717, 1.165) is 0 Å². The molecule has 1 atom stereocenters. The van der Waals surface area contributed by atoms with Gasteiger partial charge in [0.15, 0.2) is 0 Å². The number of hydrogen-bond acceptors (Lipinski definition) is 4. The molecule has 19 heavy (non-hydrogen) atoms. The molecule has 7 nitrogen and oxygen atoms in total. The predicted octanol–water partition coefficient (Wildman–Crippen LogP) is -1.47. The number of piperazine rings is 1. The second-order valence-electron chi connectivity index (χ2n) is 4.73. The first-order valence-electron chi connectivity index (χ1n) is 6.56. The molecule has 1 aliphatic rings. The van der Waals surface area contributed by atoms with Gasteiger partial charge in [-0.2, -0.15) is 0 Å². The van der Waals surface area contributed by atoms with Gasteiger partial charge in [-0.3, -0.25) is 14.4 Å². The van der Waals surface area contributed by atoms with Crippen molar-refractivity contribution >= 4 is 17.7 Å². The van der Waals surface area contributed by atoms with Crippen LogP contribution in [0.3, 0.4) is 0 Å². The van der Waals surface area contributed by atoms with Crippen LogP contribution in [0.1, 0.15) is 20.3 Å². The Morgan fingerprint density at radius 3 is 2.47 bits per heavy atom. The lowest BCUT2D eigenvalue weighted by Gasteiger charge is -2.32. The Bertz CT molecular complexity index is 357. The monoisotopic (exact) mass is 270 g/mol. The number of nitrogens with one attached hydrogen (secondary N) is 1. The number of likely N-dealkylation sites (N-methyl/N-ethyl adjacent to an activating group) is 1. The summed E-state index contributed by atoms with van der Waals surface area (Å²) in [6.45, 7) is 5.49. The zero-order valence-corrected chi connectivity index (χ0v) is 11.5. The molecule has 0 spiro atoms. The minimum absolute atomic E-state index is 0.0246. The van der Waals surface area contributed by atoms with Crippen molar-refractivity contribution in [2.45, 2.75) is 26.3 Å². The topological polar surface area (TPSA) is 95.7 Å². The van der Waals surface area contributed by atoms with E-state index >= 15 is 0 Å². The Balaban J connectivity index is 2.39. The molecule has 0 aromatic rings. The highest BCUT2D eigenvalue weighted by atomic mass is 16.2. The highest BCUT2D eigenvalue weighted by Gasteiger charge is 2.32. The summed E-state index contributed by atoms with van der Waals surface area (Å²) in [6, 6.07) is 0.0246. The Labute approximate surface area is 113 Å². The minimum Gasteiger partial charge on any atom is -0.355 e. The third kappa shape index (κ3) is 4.51. The minimum atomic E-state index is -0.601. The average molecular weight is 270 g/mol. The molecule has 108 valence electrons. The van der Waals surface area contributed by atoms with Gasteiger partial charge in [-0.05, 0) is 20.3 Å². The third-order valence-corrected chi connectivity index (χ3v) is 3.04. The van der Waals surface area contributed by atoms with Crippen molar-refractivity contribution in [3.8, 4) is 0 Å². The molecule has 0 aromatic carbocycles. The van der Waals surface area contributed by atoms with Crippen molar-refractivity contribution < 1.29 is 14.4 Å². The first kappa shape index (κ1) is 15.4. The van der Waals surface area contributed by atoms with Crippen molar-refractivity contribution in [1.82, 2.24) is 15.1 Å². The van der Waals surface area contributed by atoms with Crippen LogP contribution < -0.4 is 11.1 Å². The zero-order chi connectivity index (χ0) is 14.4. The molecule has 7 heteroatoms. The lowest BCUT2D eigenvalue weighted by atomic mass is 10.2. The lowest BCUT2D eigenvalue weighted by molar-refractivity contribution is -0.156. The normalized spacial score (nSPS) is 17.6. The summed E-state index contributed by atoms with van der Waals surface area (Å²) < 4.78 is 0. The molecular weight excluding hydrogens is 248 g/mol. The van der Waals surface area contributed by atoms with Gasteiger partial charge in [-0.15, -0.1) is 0 Å². The molecule has 0 saturated carbocycles. The fraction of sp³-hybridized carbons (Fsp3) is 0.750. The first-order chi connectivity index (χ1) is 8.95. The summed E-state index contributed by atoms with van der Waals surface area (Å²) >= 11 is 0. The van der Waals surface area contributed by atoms with Crippen LogP contribution in [0, 0.1) is 0 Å². The number of nitrogens with two attached hydrogens (primary N) is 1. The molecule has 0 bridgehead atoms. The summed E-state index contributed by atoms with van der Waals surface area (Å²) in [5.41, 5.74) is 5.57. The Morgan fingerprint density at radius 1 is 1.32 bits per heavy atom. The number of rotatable bonds is 6. The standard InChI is InChI=1S/C12H22N4O3/c1-3-15-6-7-16(12(19)11(15)18)8-10(17)14-5-4-9(2)13/h9H,3-8,13H2,1-2H3,(H,14,17). The maximum atomic E-state index is 11.7. The van der Waals surface area contributed by atoms with E-state index in [1.807, 2.05) is 13.8 Å². The molecule has 1 unspecified atom stereocenters. The van der Waals surface area contributed by atoms with Crippen LogP contribution in [0.5, 0.6) is 0 Å². The molecule has 0 aliphatic carbocycles. The van der Waals surface area contributed by atoms with Gasteiger partial charge in [0.25, 0.3) is 0 Å². The van der Waals surface area contributed by atoms with Gasteiger partial charge >= 0.3 is 11.8 Å². The Kier molecular flexibility index (Phi) is 5.75. The molecule has 3 amide bonds. The van der Waals surface area contributed by atoms with Crippen molar-refractivity contribution in [2.24, 2.45) is 5.73 Å². The van der Waals surface area contributed by atoms with Gasteiger partial charge < -0.3 is 20.9 Å². The van der Waals surface area contributed by atoms with E-state index in [4.69, 9.17) is 5.73 Å². The van der Waals surface area contributed by atoms with Crippen molar-refractivity contribution in [2.75, 3.05) is 32.7 Å². The van der Waals surface area contributed by atoms with Crippen molar-refractivity contribution in [3.05, 3.63) is 0 Å². The number of carbonyl (C=O) groups excluding carboxylic acids is 3. The van der Waals surface area contributed by atoms with E-state index in [0.29, 0.717) is 32.6 Å². The van der Waals surface area contributed by atoms with Gasteiger partial charge in [0.05, 0.1) is 0 Å². The molecule has 0 aromatic heterocycles. The molecule has 3 N–H and O–H groups in total. The van der Waals surface area contributed by atoms with Crippen LogP contribution in [0.2, 0.25) is 0 Å². The van der Waals surface area contributed by atoms with Crippen LogP contribution in [-0.4, -0.2) is 66.3 Å². The second-order valence-corrected chi connectivity index (χ2v) is 4.73. The van der Waals surface area contributed by atoms with Gasteiger partial charge in [-0.25, -0.2) is 0 Å². The number of nitrogens with zero attached hydrogens (tertiary/aromatic N) is 2. The number of carbonyl (C=O) groups is 3. The zero-order valence-electron chi connectivity index (χ0n) is 11.5. The smallest absolute Gasteiger partial charge is 0.312 e. The van der Waals surface area contributed by atoms with E-state index in [1.165, 1.54) is 9.80 Å². The molecule has 1 rings (SSSR count). The summed E-state index contributed by atoms with van der Waals surface area (Å²) in [5.74, 6) is -1.39. The van der Waals surface area contributed by atoms with E-state index in [9.17, 15) is 14.4 Å². The fourth-order valence-corrected chi connectivity index (χ4v) is 1.84. The average Bonchev–Trinajstić information content (AvgIpc) is 2.35. The SMILES string of the molecule is CCN1CCN(CC(=O)NCCC(C)N)C(=O)C1=O. The summed E-state index contributed by atoms with van der Waals surface area (Å²) in [5, 5.41) is 2.68. The van der Waals surface area contributed by atoms with Crippen LogP contribution in [0.15, 0.2) is 0 Å². The van der Waals surface area contributed by atoms with Crippen LogP contribution in [-0.2, 0) is 14.4 Å². The Hall–Kier alpha value is -1.63. The first-order valence-corrected chi connectivity index (χ1v) is 6.56. The molecule has 0 radical (unpaired) electrons. The van der Waals surface area contributed by atoms with Crippen molar-refractivity contribution in [1.29, 1.82) is 0 Å². The van der Waals surface area contributed by atoms with Gasteiger partial charge in [-0.1, -0.05) is 0 Å². The highest BCUT2D eigenvalue weighted by Crippen LogP contribution is 2.04. The second kappa shape index (κ2) is 7.08. The van der Waals surface area contributed by atoms with Gasteiger partial charge in [0.1, 0.15) is 6.54 Å². The quantitative estimate of drug-likeness (QED) is 0.576. The lowest BCUT2D eigenvalue weighted by Crippen LogP contribution is -2.56. The van der Waals surface area contributed by atoms with Crippen LogP contribution in [0.4, 0.5) is 0 Å². The third-order valence-electron chi connectivity index (χ3n) is 3.04. The van der Waals surface area contributed by atoms with E-state index < -0.39 is 11.8 Å². The van der Waals surface area contributed by atoms with E-state index in [2.05, 4.69) is 5.32 Å². The van der Waals surface area contributed by atoms with Crippen LogP contribution in [0.25, 0.3) is 0 Å². The van der Waals surface area contributed by atoms with Gasteiger partial charge in [0.2, 0.25) is 5.91 Å². The molecule has 1 heterocycles. The van der Waals surface area contributed by atoms with E-state index in [1.54, 1.807) is 0 Å². The fourth-order valence-electron chi connectivity index (χ4n) is 1.84. The molecule has 1 fully saturated rings. The largest absolute Gasteiger partial charge is 0.355 e. The maximum absolute atomic E-state index is 11.7. The summed E-state index contributed by atoms with van der Waals surface area (Å²) in [7, 11) is 0. The van der Waals surface area contributed by atoms with Crippen molar-refractivity contribution in [3.63, 3.8) is 0 Å². The molecule has 1 aliphatic heterocycles. The van der Waals surface area contributed by atoms with Crippen LogP contribution >= 0.6 is 0 Å². The van der Waals surface area contributed by atoms with E-state index in [-0.39, 0.29) is 18.5 Å². The Morgan fingerprint density at radius 2 is 1.89 bits per heavy atom. The number of amides is 3. The summed E-state index contributed by atoms with van der Waals surface area (Å²) in [4.78, 5) is 37.8. The summed E-state index contributed by atoms with van der Waals surface area (Å²) in [6.07, 6.45) is 0.683. The number of hydrogen-bond donors (Lipinski definition) is 2. The maximum Gasteiger partial charge on any atom is 0.312 e. The molecular formula is C12H22N4O3. The molecule has 1 saturated heterocycles. The van der Waals surface area contributed by atoms with Gasteiger partial charge in [0, 0.05) is 32.2 Å². The highest BCUT2D eigenvalue weighted by molar-refractivity contribution is 6.35.